The van der Waals surface area contributed by atoms with Crippen LogP contribution in [0.2, 0.25) is 0 Å². The van der Waals surface area contributed by atoms with Crippen molar-refractivity contribution in [3.05, 3.63) is 59.7 Å². The van der Waals surface area contributed by atoms with Crippen molar-refractivity contribution in [2.75, 3.05) is 12.4 Å². The molecule has 0 heterocycles. The summed E-state index contributed by atoms with van der Waals surface area (Å²) >= 11 is 0. The molecular formula is C19H19F2NO3. The molecule has 0 spiro atoms. The standard InChI is InChI=1S/C19H19F2NO3/c1-3-13-4-8-15(9-5-13)22-18(23)11-7-14-6-10-16(25-19(20)21)17(12-14)24-2/h4-12,19H,3H2,1-2H3,(H,22,23). The zero-order valence-electron chi connectivity index (χ0n) is 14.0. The SMILES string of the molecule is CCc1ccc(NC(=O)C=Cc2ccc(OC(F)F)c(OC)c2)cc1. The van der Waals surface area contributed by atoms with Crippen LogP contribution in [0.15, 0.2) is 48.5 Å². The third-order valence-corrected chi connectivity index (χ3v) is 3.46. The number of halogens is 2. The Bertz CT molecular complexity index is 743. The molecule has 0 saturated carbocycles. The van der Waals surface area contributed by atoms with Gasteiger partial charge in [0.2, 0.25) is 5.91 Å². The Labute approximate surface area is 145 Å². The molecule has 1 N–H and O–H groups in total. The number of aryl methyl sites for hydroxylation is 1. The fourth-order valence-corrected chi connectivity index (χ4v) is 2.16. The first-order valence-electron chi connectivity index (χ1n) is 7.72. The Hall–Kier alpha value is -2.89. The number of rotatable bonds is 7. The van der Waals surface area contributed by atoms with Gasteiger partial charge in [0.1, 0.15) is 0 Å². The van der Waals surface area contributed by atoms with E-state index in [1.807, 2.05) is 24.3 Å². The zero-order chi connectivity index (χ0) is 18.2. The van der Waals surface area contributed by atoms with Gasteiger partial charge in [-0.1, -0.05) is 25.1 Å². The van der Waals surface area contributed by atoms with E-state index in [2.05, 4.69) is 17.0 Å². The smallest absolute Gasteiger partial charge is 0.387 e. The molecule has 0 atom stereocenters. The first-order valence-corrected chi connectivity index (χ1v) is 7.72. The van der Waals surface area contributed by atoms with E-state index in [0.717, 1.165) is 6.42 Å². The summed E-state index contributed by atoms with van der Waals surface area (Å²) in [6, 6.07) is 12.0. The molecule has 25 heavy (non-hydrogen) atoms. The number of nitrogens with one attached hydrogen (secondary N) is 1. The van der Waals surface area contributed by atoms with Gasteiger partial charge in [0, 0.05) is 11.8 Å². The molecule has 0 aliphatic carbocycles. The van der Waals surface area contributed by atoms with Crippen molar-refractivity contribution in [2.45, 2.75) is 20.0 Å². The Kier molecular flexibility index (Phi) is 6.51. The highest BCUT2D eigenvalue weighted by Gasteiger charge is 2.10. The van der Waals surface area contributed by atoms with Gasteiger partial charge in [-0.25, -0.2) is 0 Å². The number of benzene rings is 2. The van der Waals surface area contributed by atoms with Gasteiger partial charge >= 0.3 is 6.61 Å². The normalized spacial score (nSPS) is 10.9. The molecule has 0 aromatic heterocycles. The summed E-state index contributed by atoms with van der Waals surface area (Å²) in [6.45, 7) is -0.873. The fourth-order valence-electron chi connectivity index (χ4n) is 2.16. The zero-order valence-corrected chi connectivity index (χ0v) is 14.0. The lowest BCUT2D eigenvalue weighted by Gasteiger charge is -2.10. The van der Waals surface area contributed by atoms with Crippen LogP contribution in [0.5, 0.6) is 11.5 Å². The summed E-state index contributed by atoms with van der Waals surface area (Å²) in [4.78, 5) is 12.0. The van der Waals surface area contributed by atoms with Crippen molar-refractivity contribution in [1.29, 1.82) is 0 Å². The molecule has 0 aliphatic heterocycles. The molecule has 0 unspecified atom stereocenters. The van der Waals surface area contributed by atoms with Gasteiger partial charge < -0.3 is 14.8 Å². The molecule has 2 rings (SSSR count). The average molecular weight is 347 g/mol. The van der Waals surface area contributed by atoms with Crippen LogP contribution in [0.25, 0.3) is 6.08 Å². The maximum absolute atomic E-state index is 12.3. The topological polar surface area (TPSA) is 47.6 Å². The van der Waals surface area contributed by atoms with Gasteiger partial charge in [0.25, 0.3) is 0 Å². The monoisotopic (exact) mass is 347 g/mol. The summed E-state index contributed by atoms with van der Waals surface area (Å²) in [7, 11) is 1.35. The Balaban J connectivity index is 2.03. The van der Waals surface area contributed by atoms with Crippen LogP contribution in [0.3, 0.4) is 0 Å². The third-order valence-electron chi connectivity index (χ3n) is 3.46. The second-order valence-electron chi connectivity index (χ2n) is 5.16. The van der Waals surface area contributed by atoms with E-state index < -0.39 is 6.61 Å². The summed E-state index contributed by atoms with van der Waals surface area (Å²) in [5.41, 5.74) is 2.51. The molecule has 0 fully saturated rings. The molecule has 0 bridgehead atoms. The second-order valence-corrected chi connectivity index (χ2v) is 5.16. The Morgan fingerprint density at radius 2 is 1.88 bits per heavy atom. The molecule has 0 saturated heterocycles. The first kappa shape index (κ1) is 18.4. The average Bonchev–Trinajstić information content (AvgIpc) is 2.61. The number of alkyl halides is 2. The van der Waals surface area contributed by atoms with Crippen LogP contribution in [-0.4, -0.2) is 19.6 Å². The highest BCUT2D eigenvalue weighted by molar-refractivity contribution is 6.01. The minimum atomic E-state index is -2.93. The molecule has 4 nitrogen and oxygen atoms in total. The third kappa shape index (κ3) is 5.60. The number of amides is 1. The summed E-state index contributed by atoms with van der Waals surface area (Å²) in [5, 5.41) is 2.75. The van der Waals surface area contributed by atoms with E-state index in [9.17, 15) is 13.6 Å². The molecule has 1 amide bonds. The van der Waals surface area contributed by atoms with Gasteiger partial charge in [-0.2, -0.15) is 8.78 Å². The molecule has 2 aromatic rings. The minimum absolute atomic E-state index is 0.0601. The molecule has 0 radical (unpaired) electrons. The van der Waals surface area contributed by atoms with E-state index in [4.69, 9.17) is 4.74 Å². The molecule has 6 heteroatoms. The largest absolute Gasteiger partial charge is 0.493 e. The second kappa shape index (κ2) is 8.82. The van der Waals surface area contributed by atoms with Gasteiger partial charge in [-0.3, -0.25) is 4.79 Å². The van der Waals surface area contributed by atoms with E-state index >= 15 is 0 Å². The number of ether oxygens (including phenoxy) is 2. The van der Waals surface area contributed by atoms with Crippen LogP contribution in [0.4, 0.5) is 14.5 Å². The van der Waals surface area contributed by atoms with E-state index in [1.165, 1.54) is 30.9 Å². The van der Waals surface area contributed by atoms with Crippen molar-refractivity contribution < 1.29 is 23.0 Å². The van der Waals surface area contributed by atoms with E-state index in [1.54, 1.807) is 12.1 Å². The van der Waals surface area contributed by atoms with Crippen LogP contribution in [0, 0.1) is 0 Å². The van der Waals surface area contributed by atoms with E-state index in [0.29, 0.717) is 11.3 Å². The van der Waals surface area contributed by atoms with Crippen LogP contribution >= 0.6 is 0 Å². The lowest BCUT2D eigenvalue weighted by Crippen LogP contribution is -2.07. The molecule has 132 valence electrons. The van der Waals surface area contributed by atoms with Gasteiger partial charge in [-0.05, 0) is 47.9 Å². The number of carbonyl (C=O) groups excluding carboxylic acids is 1. The maximum atomic E-state index is 12.3. The maximum Gasteiger partial charge on any atom is 0.387 e. The number of carbonyl (C=O) groups is 1. The lowest BCUT2D eigenvalue weighted by molar-refractivity contribution is -0.111. The first-order chi connectivity index (χ1) is 12.0. The molecule has 2 aromatic carbocycles. The van der Waals surface area contributed by atoms with Crippen LogP contribution < -0.4 is 14.8 Å². The van der Waals surface area contributed by atoms with Crippen molar-refractivity contribution >= 4 is 17.7 Å². The van der Waals surface area contributed by atoms with Crippen molar-refractivity contribution in [3.63, 3.8) is 0 Å². The summed E-state index contributed by atoms with van der Waals surface area (Å²) < 4.78 is 34.0. The Morgan fingerprint density at radius 1 is 1.16 bits per heavy atom. The summed E-state index contributed by atoms with van der Waals surface area (Å²) in [6.07, 6.45) is 3.85. The minimum Gasteiger partial charge on any atom is -0.493 e. The van der Waals surface area contributed by atoms with Crippen LogP contribution in [-0.2, 0) is 11.2 Å². The van der Waals surface area contributed by atoms with Gasteiger partial charge in [-0.15, -0.1) is 0 Å². The van der Waals surface area contributed by atoms with Gasteiger partial charge in [0.15, 0.2) is 11.5 Å². The predicted molar refractivity (Wildman–Crippen MR) is 93.1 cm³/mol. The fraction of sp³-hybridized carbons (Fsp3) is 0.211. The quantitative estimate of drug-likeness (QED) is 0.750. The van der Waals surface area contributed by atoms with Gasteiger partial charge in [0.05, 0.1) is 7.11 Å². The van der Waals surface area contributed by atoms with Crippen molar-refractivity contribution in [2.24, 2.45) is 0 Å². The number of anilines is 1. The Morgan fingerprint density at radius 3 is 2.48 bits per heavy atom. The molecular weight excluding hydrogens is 328 g/mol. The lowest BCUT2D eigenvalue weighted by atomic mass is 10.1. The highest BCUT2D eigenvalue weighted by Crippen LogP contribution is 2.29. The number of methoxy groups -OCH3 is 1. The van der Waals surface area contributed by atoms with E-state index in [-0.39, 0.29) is 17.4 Å². The predicted octanol–water partition coefficient (Wildman–Crippen LogP) is 4.51. The van der Waals surface area contributed by atoms with Crippen LogP contribution in [0.1, 0.15) is 18.1 Å². The van der Waals surface area contributed by atoms with Crippen molar-refractivity contribution in [1.82, 2.24) is 0 Å². The number of hydrogen-bond acceptors (Lipinski definition) is 3. The molecule has 0 aliphatic rings. The van der Waals surface area contributed by atoms with Crippen molar-refractivity contribution in [3.8, 4) is 11.5 Å². The highest BCUT2D eigenvalue weighted by atomic mass is 19.3. The summed E-state index contributed by atoms with van der Waals surface area (Å²) in [5.74, 6) is -0.191. The number of hydrogen-bond donors (Lipinski definition) is 1.